The minimum atomic E-state index is -0.668. The average Bonchev–Trinajstić information content (AvgIpc) is 2.53. The van der Waals surface area contributed by atoms with E-state index in [1.165, 1.54) is 7.11 Å². The highest BCUT2D eigenvalue weighted by molar-refractivity contribution is 5.83. The van der Waals surface area contributed by atoms with E-state index in [1.54, 1.807) is 0 Å². The van der Waals surface area contributed by atoms with Crippen molar-refractivity contribution in [2.75, 3.05) is 12.8 Å². The molecule has 0 aliphatic rings. The van der Waals surface area contributed by atoms with Crippen molar-refractivity contribution in [1.82, 2.24) is 0 Å². The highest BCUT2D eigenvalue weighted by Gasteiger charge is 2.38. The molecule has 0 saturated heterocycles. The van der Waals surface area contributed by atoms with Crippen molar-refractivity contribution in [2.45, 2.75) is 39.5 Å². The number of aromatic hydroxyl groups is 1. The van der Waals surface area contributed by atoms with Gasteiger partial charge in [0.15, 0.2) is 0 Å². The number of carbonyl (C=O) groups excluding carboxylic acids is 1. The molecule has 0 fully saturated rings. The third-order valence-electron chi connectivity index (χ3n) is 4.62. The molecule has 25 heavy (non-hydrogen) atoms. The van der Waals surface area contributed by atoms with E-state index in [-0.39, 0.29) is 11.7 Å². The van der Waals surface area contributed by atoms with Crippen LogP contribution in [0.5, 0.6) is 5.75 Å². The molecule has 0 atom stereocenters. The SMILES string of the molecule is COC(=O)C(C)(C)CC(C)(C)c1ccc(N)c(-c2ccccc2)c1O. The Morgan fingerprint density at radius 1 is 1.08 bits per heavy atom. The molecule has 0 heterocycles. The first-order valence-electron chi connectivity index (χ1n) is 8.36. The van der Waals surface area contributed by atoms with Gasteiger partial charge >= 0.3 is 5.97 Å². The van der Waals surface area contributed by atoms with E-state index < -0.39 is 10.8 Å². The maximum atomic E-state index is 12.1. The zero-order valence-corrected chi connectivity index (χ0v) is 15.6. The molecule has 3 N–H and O–H groups in total. The standard InChI is InChI=1S/C21H27NO3/c1-20(2,13-21(3,4)19(24)25-5)15-11-12-16(22)17(18(15)23)14-9-7-6-8-10-14/h6-12,23H,13,22H2,1-5H3. The Morgan fingerprint density at radius 3 is 2.24 bits per heavy atom. The van der Waals surface area contributed by atoms with E-state index in [9.17, 15) is 9.90 Å². The average molecular weight is 341 g/mol. The Labute approximate surface area is 149 Å². The number of hydrogen-bond acceptors (Lipinski definition) is 4. The number of benzene rings is 2. The van der Waals surface area contributed by atoms with Gasteiger partial charge in [-0.1, -0.05) is 50.2 Å². The molecule has 0 aliphatic heterocycles. The van der Waals surface area contributed by atoms with Crippen LogP contribution < -0.4 is 5.73 Å². The Morgan fingerprint density at radius 2 is 1.68 bits per heavy atom. The van der Waals surface area contributed by atoms with Gasteiger partial charge in [-0.2, -0.15) is 0 Å². The number of nitrogen functional groups attached to an aromatic ring is 1. The van der Waals surface area contributed by atoms with E-state index in [4.69, 9.17) is 10.5 Å². The number of rotatable bonds is 5. The maximum absolute atomic E-state index is 12.1. The van der Waals surface area contributed by atoms with E-state index in [0.29, 0.717) is 17.7 Å². The lowest BCUT2D eigenvalue weighted by Gasteiger charge is -2.34. The quantitative estimate of drug-likeness (QED) is 0.620. The highest BCUT2D eigenvalue weighted by Crippen LogP contribution is 2.45. The van der Waals surface area contributed by atoms with Gasteiger partial charge in [0.2, 0.25) is 0 Å². The normalized spacial score (nSPS) is 12.0. The highest BCUT2D eigenvalue weighted by atomic mass is 16.5. The summed E-state index contributed by atoms with van der Waals surface area (Å²) in [4.78, 5) is 12.1. The third kappa shape index (κ3) is 3.78. The number of esters is 1. The van der Waals surface area contributed by atoms with Gasteiger partial charge < -0.3 is 15.6 Å². The second-order valence-corrected chi connectivity index (χ2v) is 7.73. The summed E-state index contributed by atoms with van der Waals surface area (Å²) < 4.78 is 4.92. The molecule has 0 unspecified atom stereocenters. The number of nitrogens with two attached hydrogens (primary N) is 1. The van der Waals surface area contributed by atoms with Gasteiger partial charge in [-0.3, -0.25) is 4.79 Å². The number of methoxy groups -OCH3 is 1. The topological polar surface area (TPSA) is 72.5 Å². The van der Waals surface area contributed by atoms with Crippen molar-refractivity contribution in [3.8, 4) is 16.9 Å². The Kier molecular flexibility index (Phi) is 5.12. The van der Waals surface area contributed by atoms with Gasteiger partial charge in [0.25, 0.3) is 0 Å². The van der Waals surface area contributed by atoms with Crippen LogP contribution in [0.4, 0.5) is 5.69 Å². The minimum absolute atomic E-state index is 0.164. The lowest BCUT2D eigenvalue weighted by Crippen LogP contribution is -2.33. The van der Waals surface area contributed by atoms with Crippen molar-refractivity contribution in [2.24, 2.45) is 5.41 Å². The third-order valence-corrected chi connectivity index (χ3v) is 4.62. The van der Waals surface area contributed by atoms with Crippen LogP contribution in [0.25, 0.3) is 11.1 Å². The van der Waals surface area contributed by atoms with Gasteiger partial charge in [0.05, 0.1) is 12.5 Å². The van der Waals surface area contributed by atoms with Crippen molar-refractivity contribution < 1.29 is 14.6 Å². The summed E-state index contributed by atoms with van der Waals surface area (Å²) >= 11 is 0. The molecule has 2 aromatic carbocycles. The molecule has 0 amide bonds. The fourth-order valence-electron chi connectivity index (χ4n) is 3.61. The Hall–Kier alpha value is -2.49. The number of carbonyl (C=O) groups is 1. The smallest absolute Gasteiger partial charge is 0.311 e. The first-order chi connectivity index (χ1) is 11.6. The number of ether oxygens (including phenoxy) is 1. The first-order valence-corrected chi connectivity index (χ1v) is 8.36. The van der Waals surface area contributed by atoms with Gasteiger partial charge in [0, 0.05) is 16.8 Å². The second-order valence-electron chi connectivity index (χ2n) is 7.73. The predicted molar refractivity (Wildman–Crippen MR) is 101 cm³/mol. The largest absolute Gasteiger partial charge is 0.507 e. The number of phenolic OH excluding ortho intramolecular Hbond substituents is 1. The molecule has 4 heteroatoms. The lowest BCUT2D eigenvalue weighted by atomic mass is 9.70. The number of hydrogen-bond donors (Lipinski definition) is 2. The van der Waals surface area contributed by atoms with E-state index in [1.807, 2.05) is 70.2 Å². The molecule has 134 valence electrons. The van der Waals surface area contributed by atoms with Crippen LogP contribution in [0.2, 0.25) is 0 Å². The van der Waals surface area contributed by atoms with Crippen LogP contribution in [0, 0.1) is 5.41 Å². The number of phenols is 1. The summed E-state index contributed by atoms with van der Waals surface area (Å²) in [5.41, 5.74) is 7.79. The summed E-state index contributed by atoms with van der Waals surface area (Å²) in [6, 6.07) is 13.2. The maximum Gasteiger partial charge on any atom is 0.311 e. The van der Waals surface area contributed by atoms with Crippen LogP contribution in [-0.4, -0.2) is 18.2 Å². The van der Waals surface area contributed by atoms with Crippen molar-refractivity contribution >= 4 is 11.7 Å². The van der Waals surface area contributed by atoms with Crippen molar-refractivity contribution in [3.63, 3.8) is 0 Å². The fraction of sp³-hybridized carbons (Fsp3) is 0.381. The molecule has 0 bridgehead atoms. The van der Waals surface area contributed by atoms with E-state index in [0.717, 1.165) is 11.1 Å². The summed E-state index contributed by atoms with van der Waals surface area (Å²) in [6.07, 6.45) is 0.526. The van der Waals surface area contributed by atoms with Crippen LogP contribution >= 0.6 is 0 Å². The van der Waals surface area contributed by atoms with E-state index in [2.05, 4.69) is 0 Å². The fourth-order valence-corrected chi connectivity index (χ4v) is 3.61. The number of anilines is 1. The second kappa shape index (κ2) is 6.79. The Bertz CT molecular complexity index is 764. The Balaban J connectivity index is 2.51. The van der Waals surface area contributed by atoms with Gasteiger partial charge in [0.1, 0.15) is 5.75 Å². The van der Waals surface area contributed by atoms with Crippen LogP contribution in [-0.2, 0) is 14.9 Å². The lowest BCUT2D eigenvalue weighted by molar-refractivity contribution is -0.151. The molecular formula is C21H27NO3. The molecule has 0 aliphatic carbocycles. The molecule has 0 radical (unpaired) electrons. The molecule has 0 aromatic heterocycles. The van der Waals surface area contributed by atoms with Gasteiger partial charge in [-0.25, -0.2) is 0 Å². The predicted octanol–water partition coefficient (Wildman–Crippen LogP) is 4.51. The summed E-state index contributed by atoms with van der Waals surface area (Å²) in [7, 11) is 1.39. The first kappa shape index (κ1) is 18.8. The molecule has 4 nitrogen and oxygen atoms in total. The van der Waals surface area contributed by atoms with Crippen LogP contribution in [0.3, 0.4) is 0 Å². The monoisotopic (exact) mass is 341 g/mol. The minimum Gasteiger partial charge on any atom is -0.507 e. The van der Waals surface area contributed by atoms with Gasteiger partial charge in [-0.15, -0.1) is 0 Å². The zero-order chi connectivity index (χ0) is 18.8. The molecule has 0 spiro atoms. The van der Waals surface area contributed by atoms with Gasteiger partial charge in [-0.05, 0) is 37.3 Å². The summed E-state index contributed by atoms with van der Waals surface area (Å²) in [5, 5.41) is 11.0. The van der Waals surface area contributed by atoms with Crippen molar-refractivity contribution in [1.29, 1.82) is 0 Å². The van der Waals surface area contributed by atoms with E-state index >= 15 is 0 Å². The van der Waals surface area contributed by atoms with Crippen molar-refractivity contribution in [3.05, 3.63) is 48.0 Å². The van der Waals surface area contributed by atoms with Crippen LogP contribution in [0.1, 0.15) is 39.7 Å². The molecule has 0 saturated carbocycles. The molecule has 2 rings (SSSR count). The molecular weight excluding hydrogens is 314 g/mol. The zero-order valence-electron chi connectivity index (χ0n) is 15.6. The molecule has 2 aromatic rings. The summed E-state index contributed by atoms with van der Waals surface area (Å²) in [5.74, 6) is -0.101. The van der Waals surface area contributed by atoms with Crippen LogP contribution in [0.15, 0.2) is 42.5 Å². The summed E-state index contributed by atoms with van der Waals surface area (Å²) in [6.45, 7) is 7.73.